The predicted octanol–water partition coefficient (Wildman–Crippen LogP) is 6.30. The van der Waals surface area contributed by atoms with Crippen molar-refractivity contribution in [3.8, 4) is 0 Å². The lowest BCUT2D eigenvalue weighted by atomic mass is 10.0. The Morgan fingerprint density at radius 1 is 0.833 bits per heavy atom. The molecule has 0 unspecified atom stereocenters. The Balaban J connectivity index is 2.06. The van der Waals surface area contributed by atoms with E-state index in [-0.39, 0.29) is 12.0 Å². The largest absolute Gasteiger partial charge is 0.209 e. The molecule has 2 rings (SSSR count). The van der Waals surface area contributed by atoms with E-state index in [1.54, 1.807) is 19.1 Å². The summed E-state index contributed by atoms with van der Waals surface area (Å²) in [7, 11) is 0. The molecule has 0 amide bonds. The molecule has 5 heteroatoms. The third-order valence-electron chi connectivity index (χ3n) is 3.66. The lowest BCUT2D eigenvalue weighted by Crippen LogP contribution is -1.97. The summed E-state index contributed by atoms with van der Waals surface area (Å²) in [6.45, 7) is 1.76. The van der Waals surface area contributed by atoms with Gasteiger partial charge >= 0.3 is 0 Å². The van der Waals surface area contributed by atoms with Gasteiger partial charge in [0.1, 0.15) is 5.83 Å². The standard InChI is InChI=1S/C19H17F5/c1-2-3-15(20)18(23)14-8-6-12(7-9-14)4-5-13-10-16(21)19(24)17(22)11-13/h6-11H,2-5H2,1H3. The van der Waals surface area contributed by atoms with Crippen LogP contribution in [0.3, 0.4) is 0 Å². The average Bonchev–Trinajstić information content (AvgIpc) is 2.57. The molecule has 0 saturated heterocycles. The molecule has 128 valence electrons. The molecule has 0 atom stereocenters. The van der Waals surface area contributed by atoms with Crippen molar-refractivity contribution in [1.82, 2.24) is 0 Å². The smallest absolute Gasteiger partial charge is 0.194 e. The molecule has 0 aromatic heterocycles. The molecular weight excluding hydrogens is 323 g/mol. The molecule has 0 bridgehead atoms. The minimum Gasteiger partial charge on any atom is -0.209 e. The van der Waals surface area contributed by atoms with Crippen LogP contribution >= 0.6 is 0 Å². The van der Waals surface area contributed by atoms with Crippen LogP contribution in [0.15, 0.2) is 42.2 Å². The Bertz CT molecular complexity index is 709. The molecule has 0 spiro atoms. The highest BCUT2D eigenvalue weighted by Gasteiger charge is 2.11. The maximum atomic E-state index is 13.8. The summed E-state index contributed by atoms with van der Waals surface area (Å²) in [5, 5.41) is 0. The van der Waals surface area contributed by atoms with E-state index in [9.17, 15) is 22.0 Å². The second-order valence-corrected chi connectivity index (χ2v) is 5.54. The highest BCUT2D eigenvalue weighted by molar-refractivity contribution is 5.61. The second kappa shape index (κ2) is 8.08. The number of allylic oxidation sites excluding steroid dienone is 1. The van der Waals surface area contributed by atoms with Gasteiger partial charge in [-0.15, -0.1) is 0 Å². The van der Waals surface area contributed by atoms with Crippen LogP contribution in [0.25, 0.3) is 5.83 Å². The maximum absolute atomic E-state index is 13.8. The van der Waals surface area contributed by atoms with Crippen molar-refractivity contribution in [1.29, 1.82) is 0 Å². The van der Waals surface area contributed by atoms with Crippen molar-refractivity contribution in [2.75, 3.05) is 0 Å². The fourth-order valence-electron chi connectivity index (χ4n) is 2.34. The van der Waals surface area contributed by atoms with Crippen LogP contribution in [0.2, 0.25) is 0 Å². The second-order valence-electron chi connectivity index (χ2n) is 5.54. The van der Waals surface area contributed by atoms with Crippen molar-refractivity contribution in [2.24, 2.45) is 0 Å². The van der Waals surface area contributed by atoms with Crippen LogP contribution in [-0.4, -0.2) is 0 Å². The van der Waals surface area contributed by atoms with Gasteiger partial charge in [-0.05, 0) is 42.5 Å². The van der Waals surface area contributed by atoms with Crippen molar-refractivity contribution >= 4 is 5.83 Å². The zero-order valence-electron chi connectivity index (χ0n) is 13.2. The third-order valence-corrected chi connectivity index (χ3v) is 3.66. The Kier molecular flexibility index (Phi) is 6.12. The summed E-state index contributed by atoms with van der Waals surface area (Å²) in [5.74, 6) is -5.58. The molecule has 2 aromatic carbocycles. The lowest BCUT2D eigenvalue weighted by molar-refractivity contribution is 0.445. The molecule has 0 aliphatic rings. The first-order valence-corrected chi connectivity index (χ1v) is 7.69. The van der Waals surface area contributed by atoms with E-state index in [2.05, 4.69) is 0 Å². The summed E-state index contributed by atoms with van der Waals surface area (Å²) in [5.41, 5.74) is 1.28. The van der Waals surface area contributed by atoms with Crippen LogP contribution in [0, 0.1) is 17.5 Å². The fraction of sp³-hybridized carbons (Fsp3) is 0.263. The van der Waals surface area contributed by atoms with E-state index in [1.807, 2.05) is 0 Å². The zero-order valence-corrected chi connectivity index (χ0v) is 13.2. The van der Waals surface area contributed by atoms with E-state index >= 15 is 0 Å². The van der Waals surface area contributed by atoms with Crippen molar-refractivity contribution in [3.05, 3.63) is 76.4 Å². The summed E-state index contributed by atoms with van der Waals surface area (Å²) in [4.78, 5) is 0. The van der Waals surface area contributed by atoms with Gasteiger partial charge in [-0.1, -0.05) is 31.2 Å². The Morgan fingerprint density at radius 2 is 1.38 bits per heavy atom. The SMILES string of the molecule is CCCC(F)=C(F)c1ccc(CCc2cc(F)c(F)c(F)c2)cc1. The van der Waals surface area contributed by atoms with Gasteiger partial charge in [0.05, 0.1) is 0 Å². The third kappa shape index (κ3) is 4.43. The van der Waals surface area contributed by atoms with Gasteiger partial charge in [0, 0.05) is 12.0 Å². The van der Waals surface area contributed by atoms with Gasteiger partial charge < -0.3 is 0 Å². The molecule has 0 aliphatic carbocycles. The molecular formula is C19H17F5. The van der Waals surface area contributed by atoms with E-state index in [0.717, 1.165) is 17.7 Å². The Labute approximate surface area is 137 Å². The van der Waals surface area contributed by atoms with Gasteiger partial charge in [0.2, 0.25) is 0 Å². The number of aryl methyl sites for hydroxylation is 2. The number of hydrogen-bond acceptors (Lipinski definition) is 0. The first-order chi connectivity index (χ1) is 11.4. The Morgan fingerprint density at radius 3 is 1.92 bits per heavy atom. The first-order valence-electron chi connectivity index (χ1n) is 7.69. The van der Waals surface area contributed by atoms with Crippen LogP contribution in [0.4, 0.5) is 22.0 Å². The zero-order chi connectivity index (χ0) is 17.7. The molecule has 0 nitrogen and oxygen atoms in total. The quantitative estimate of drug-likeness (QED) is 0.428. The molecule has 0 fully saturated rings. The van der Waals surface area contributed by atoms with Gasteiger partial charge in [-0.3, -0.25) is 0 Å². The molecule has 0 aliphatic heterocycles. The summed E-state index contributed by atoms with van der Waals surface area (Å²) in [6, 6.07) is 8.09. The van der Waals surface area contributed by atoms with Crippen LogP contribution < -0.4 is 0 Å². The summed E-state index contributed by atoms with van der Waals surface area (Å²) < 4.78 is 66.5. The van der Waals surface area contributed by atoms with E-state index < -0.39 is 29.1 Å². The average molecular weight is 340 g/mol. The lowest BCUT2D eigenvalue weighted by Gasteiger charge is -2.06. The predicted molar refractivity (Wildman–Crippen MR) is 84.2 cm³/mol. The van der Waals surface area contributed by atoms with E-state index in [4.69, 9.17) is 0 Å². The monoisotopic (exact) mass is 340 g/mol. The van der Waals surface area contributed by atoms with Crippen molar-refractivity contribution in [3.63, 3.8) is 0 Å². The molecule has 0 saturated carbocycles. The highest BCUT2D eigenvalue weighted by Crippen LogP contribution is 2.25. The number of halogens is 5. The Hall–Kier alpha value is -2.17. The topological polar surface area (TPSA) is 0 Å². The van der Waals surface area contributed by atoms with Crippen LogP contribution in [-0.2, 0) is 12.8 Å². The molecule has 24 heavy (non-hydrogen) atoms. The molecule has 0 radical (unpaired) electrons. The minimum absolute atomic E-state index is 0.0509. The normalized spacial score (nSPS) is 12.2. The van der Waals surface area contributed by atoms with Gasteiger partial charge in [-0.2, -0.15) is 0 Å². The fourth-order valence-corrected chi connectivity index (χ4v) is 2.34. The van der Waals surface area contributed by atoms with Crippen molar-refractivity contribution < 1.29 is 22.0 Å². The van der Waals surface area contributed by atoms with Gasteiger partial charge in [0.25, 0.3) is 0 Å². The summed E-state index contributed by atoms with van der Waals surface area (Å²) >= 11 is 0. The molecule has 0 heterocycles. The van der Waals surface area contributed by atoms with E-state index in [0.29, 0.717) is 24.8 Å². The van der Waals surface area contributed by atoms with Crippen molar-refractivity contribution in [2.45, 2.75) is 32.6 Å². The number of hydrogen-bond donors (Lipinski definition) is 0. The van der Waals surface area contributed by atoms with Gasteiger partial charge in [-0.25, -0.2) is 22.0 Å². The summed E-state index contributed by atoms with van der Waals surface area (Å²) in [6.07, 6.45) is 1.31. The number of rotatable bonds is 6. The van der Waals surface area contributed by atoms with E-state index in [1.165, 1.54) is 12.1 Å². The molecule has 2 aromatic rings. The van der Waals surface area contributed by atoms with Crippen LogP contribution in [0.1, 0.15) is 36.5 Å². The minimum atomic E-state index is -1.49. The first kappa shape index (κ1) is 18.2. The maximum Gasteiger partial charge on any atom is 0.194 e. The van der Waals surface area contributed by atoms with Gasteiger partial charge in [0.15, 0.2) is 23.3 Å². The number of benzene rings is 2. The molecule has 0 N–H and O–H groups in total. The highest BCUT2D eigenvalue weighted by atomic mass is 19.2. The van der Waals surface area contributed by atoms with Crippen LogP contribution in [0.5, 0.6) is 0 Å².